The number of nitrogens with zero attached hydrogens (tertiary/aromatic N) is 3. The molecule has 0 unspecified atom stereocenters. The molecule has 4 heteroatoms. The topological polar surface area (TPSA) is 42.7 Å². The number of aryl methyl sites for hydroxylation is 1. The molecule has 0 spiro atoms. The van der Waals surface area contributed by atoms with Gasteiger partial charge in [0.25, 0.3) is 0 Å². The summed E-state index contributed by atoms with van der Waals surface area (Å²) in [5, 5.41) is 11.8. The maximum absolute atomic E-state index is 4.34. The third kappa shape index (κ3) is 2.54. The number of nitrogens with one attached hydrogen (secondary N) is 1. The zero-order valence-corrected chi connectivity index (χ0v) is 11.3. The molecule has 0 atom stereocenters. The van der Waals surface area contributed by atoms with Crippen LogP contribution in [0.5, 0.6) is 0 Å². The van der Waals surface area contributed by atoms with E-state index < -0.39 is 0 Å². The normalized spacial score (nSPS) is 16.7. The van der Waals surface area contributed by atoms with E-state index in [0.29, 0.717) is 5.92 Å². The molecule has 0 bridgehead atoms. The third-order valence-corrected chi connectivity index (χ3v) is 3.90. The van der Waals surface area contributed by atoms with Gasteiger partial charge in [0.15, 0.2) is 0 Å². The molecule has 1 aromatic heterocycles. The maximum atomic E-state index is 4.34. The van der Waals surface area contributed by atoms with Gasteiger partial charge in [-0.15, -0.1) is 10.2 Å². The number of hydrogen-bond donors (Lipinski definition) is 1. The number of hydrogen-bond acceptors (Lipinski definition) is 3. The SMILES string of the molecule is CCc1ccc(-n2cnnc2C2CCNCC2)cc1. The Hall–Kier alpha value is -1.68. The van der Waals surface area contributed by atoms with Crippen molar-refractivity contribution < 1.29 is 0 Å². The molecule has 1 saturated heterocycles. The van der Waals surface area contributed by atoms with Crippen LogP contribution in [0.25, 0.3) is 5.69 Å². The van der Waals surface area contributed by atoms with Crippen molar-refractivity contribution in [2.75, 3.05) is 13.1 Å². The second-order valence-corrected chi connectivity index (χ2v) is 5.10. The molecule has 0 aliphatic carbocycles. The first-order valence-corrected chi connectivity index (χ1v) is 7.08. The van der Waals surface area contributed by atoms with Crippen LogP contribution in [-0.2, 0) is 6.42 Å². The minimum Gasteiger partial charge on any atom is -0.317 e. The molecule has 100 valence electrons. The molecule has 2 aromatic rings. The van der Waals surface area contributed by atoms with Crippen LogP contribution in [0, 0.1) is 0 Å². The van der Waals surface area contributed by atoms with Gasteiger partial charge in [0.1, 0.15) is 12.2 Å². The Morgan fingerprint density at radius 3 is 2.63 bits per heavy atom. The quantitative estimate of drug-likeness (QED) is 0.916. The smallest absolute Gasteiger partial charge is 0.140 e. The fourth-order valence-corrected chi connectivity index (χ4v) is 2.69. The van der Waals surface area contributed by atoms with Crippen molar-refractivity contribution in [3.63, 3.8) is 0 Å². The highest BCUT2D eigenvalue weighted by Crippen LogP contribution is 2.25. The van der Waals surface area contributed by atoms with Gasteiger partial charge in [-0.1, -0.05) is 19.1 Å². The molecule has 1 fully saturated rings. The van der Waals surface area contributed by atoms with Gasteiger partial charge in [-0.05, 0) is 50.0 Å². The van der Waals surface area contributed by atoms with Gasteiger partial charge in [0.05, 0.1) is 0 Å². The van der Waals surface area contributed by atoms with Gasteiger partial charge in [-0.2, -0.15) is 0 Å². The monoisotopic (exact) mass is 256 g/mol. The van der Waals surface area contributed by atoms with Gasteiger partial charge in [-0.3, -0.25) is 4.57 Å². The van der Waals surface area contributed by atoms with Crippen LogP contribution in [0.2, 0.25) is 0 Å². The fourth-order valence-electron chi connectivity index (χ4n) is 2.69. The molecule has 0 saturated carbocycles. The molecule has 1 N–H and O–H groups in total. The fraction of sp³-hybridized carbons (Fsp3) is 0.467. The molecule has 3 rings (SSSR count). The maximum Gasteiger partial charge on any atom is 0.140 e. The average molecular weight is 256 g/mol. The van der Waals surface area contributed by atoms with Crippen LogP contribution in [0.15, 0.2) is 30.6 Å². The summed E-state index contributed by atoms with van der Waals surface area (Å²) in [6, 6.07) is 8.68. The van der Waals surface area contributed by atoms with Crippen molar-refractivity contribution in [1.29, 1.82) is 0 Å². The van der Waals surface area contributed by atoms with Gasteiger partial charge in [-0.25, -0.2) is 0 Å². The molecule has 19 heavy (non-hydrogen) atoms. The van der Waals surface area contributed by atoms with Gasteiger partial charge >= 0.3 is 0 Å². The standard InChI is InChI=1S/C15H20N4/c1-2-12-3-5-14(6-4-12)19-11-17-18-15(19)13-7-9-16-10-8-13/h3-6,11,13,16H,2,7-10H2,1H3. The van der Waals surface area contributed by atoms with Crippen molar-refractivity contribution in [3.05, 3.63) is 42.0 Å². The first-order valence-electron chi connectivity index (χ1n) is 7.08. The number of benzene rings is 1. The second kappa shape index (κ2) is 5.53. The predicted octanol–water partition coefficient (Wildman–Crippen LogP) is 2.30. The lowest BCUT2D eigenvalue weighted by Gasteiger charge is -2.22. The molecule has 0 amide bonds. The lowest BCUT2D eigenvalue weighted by Crippen LogP contribution is -2.28. The van der Waals surface area contributed by atoms with Crippen LogP contribution < -0.4 is 5.32 Å². The average Bonchev–Trinajstić information content (AvgIpc) is 2.98. The summed E-state index contributed by atoms with van der Waals surface area (Å²) >= 11 is 0. The Labute approximate surface area is 113 Å². The van der Waals surface area contributed by atoms with Crippen molar-refractivity contribution in [3.8, 4) is 5.69 Å². The van der Waals surface area contributed by atoms with E-state index in [1.807, 2.05) is 6.33 Å². The van der Waals surface area contributed by atoms with E-state index in [0.717, 1.165) is 43.9 Å². The minimum atomic E-state index is 0.523. The highest BCUT2D eigenvalue weighted by molar-refractivity contribution is 5.36. The summed E-state index contributed by atoms with van der Waals surface area (Å²) in [7, 11) is 0. The lowest BCUT2D eigenvalue weighted by atomic mass is 9.97. The molecule has 2 heterocycles. The van der Waals surface area contributed by atoms with E-state index in [1.54, 1.807) is 0 Å². The van der Waals surface area contributed by atoms with E-state index in [-0.39, 0.29) is 0 Å². The van der Waals surface area contributed by atoms with Crippen LogP contribution in [-0.4, -0.2) is 27.9 Å². The summed E-state index contributed by atoms with van der Waals surface area (Å²) in [6.45, 7) is 4.33. The zero-order valence-electron chi connectivity index (χ0n) is 11.3. The van der Waals surface area contributed by atoms with Crippen LogP contribution in [0.3, 0.4) is 0 Å². The van der Waals surface area contributed by atoms with Gasteiger partial charge in [0, 0.05) is 11.6 Å². The first kappa shape index (κ1) is 12.4. The Bertz CT molecular complexity index is 523. The number of piperidine rings is 1. The van der Waals surface area contributed by atoms with Gasteiger partial charge < -0.3 is 5.32 Å². The Kier molecular flexibility index (Phi) is 3.60. The van der Waals surface area contributed by atoms with Crippen molar-refractivity contribution in [2.45, 2.75) is 32.1 Å². The summed E-state index contributed by atoms with van der Waals surface area (Å²) in [5.41, 5.74) is 2.52. The number of aromatic nitrogens is 3. The van der Waals surface area contributed by atoms with Crippen molar-refractivity contribution in [1.82, 2.24) is 20.1 Å². The van der Waals surface area contributed by atoms with Gasteiger partial charge in [0.2, 0.25) is 0 Å². The third-order valence-electron chi connectivity index (χ3n) is 3.90. The molecular weight excluding hydrogens is 236 g/mol. The summed E-state index contributed by atoms with van der Waals surface area (Å²) in [6.07, 6.45) is 5.19. The van der Waals surface area contributed by atoms with E-state index >= 15 is 0 Å². The highest BCUT2D eigenvalue weighted by atomic mass is 15.3. The molecule has 4 nitrogen and oxygen atoms in total. The van der Waals surface area contributed by atoms with Crippen molar-refractivity contribution in [2.24, 2.45) is 0 Å². The summed E-state index contributed by atoms with van der Waals surface area (Å²) < 4.78 is 2.13. The molecule has 1 aliphatic rings. The van der Waals surface area contributed by atoms with Crippen LogP contribution >= 0.6 is 0 Å². The Morgan fingerprint density at radius 2 is 1.95 bits per heavy atom. The Balaban J connectivity index is 1.89. The molecule has 0 radical (unpaired) electrons. The summed E-state index contributed by atoms with van der Waals surface area (Å²) in [4.78, 5) is 0. The van der Waals surface area contributed by atoms with E-state index in [4.69, 9.17) is 0 Å². The highest BCUT2D eigenvalue weighted by Gasteiger charge is 2.20. The molecule has 1 aromatic carbocycles. The summed E-state index contributed by atoms with van der Waals surface area (Å²) in [5.74, 6) is 1.63. The van der Waals surface area contributed by atoms with Crippen LogP contribution in [0.4, 0.5) is 0 Å². The first-order chi connectivity index (χ1) is 9.38. The molecular formula is C15H20N4. The molecule has 1 aliphatic heterocycles. The van der Waals surface area contributed by atoms with E-state index in [1.165, 1.54) is 5.56 Å². The van der Waals surface area contributed by atoms with Crippen molar-refractivity contribution >= 4 is 0 Å². The number of rotatable bonds is 3. The lowest BCUT2D eigenvalue weighted by molar-refractivity contribution is 0.440. The zero-order chi connectivity index (χ0) is 13.1. The minimum absolute atomic E-state index is 0.523. The van der Waals surface area contributed by atoms with Crippen LogP contribution in [0.1, 0.15) is 37.1 Å². The van der Waals surface area contributed by atoms with E-state index in [2.05, 4.69) is 51.3 Å². The second-order valence-electron chi connectivity index (χ2n) is 5.10. The van der Waals surface area contributed by atoms with E-state index in [9.17, 15) is 0 Å². The largest absolute Gasteiger partial charge is 0.317 e. The Morgan fingerprint density at radius 1 is 1.21 bits per heavy atom. The predicted molar refractivity (Wildman–Crippen MR) is 75.6 cm³/mol.